The van der Waals surface area contributed by atoms with E-state index in [4.69, 9.17) is 28.4 Å². The van der Waals surface area contributed by atoms with Gasteiger partial charge in [0.1, 0.15) is 73.2 Å². The van der Waals surface area contributed by atoms with Gasteiger partial charge < -0.3 is 89.9 Å². The van der Waals surface area contributed by atoms with E-state index in [1.165, 1.54) is 154 Å². The minimum Gasteiger partial charge on any atom is -0.394 e. The second-order valence-electron chi connectivity index (χ2n) is 25.0. The molecule has 0 bridgehead atoms. The van der Waals surface area contributed by atoms with Crippen molar-refractivity contribution in [1.82, 2.24) is 5.32 Å². The van der Waals surface area contributed by atoms with Gasteiger partial charge >= 0.3 is 0 Å². The molecule has 0 radical (unpaired) electrons. The van der Waals surface area contributed by atoms with Crippen LogP contribution in [0, 0.1) is 0 Å². The van der Waals surface area contributed by atoms with E-state index < -0.39 is 124 Å². The highest BCUT2D eigenvalue weighted by atomic mass is 16.8. The third kappa shape index (κ3) is 32.9. The number of carbonyl (C=O) groups is 1. The van der Waals surface area contributed by atoms with Crippen molar-refractivity contribution in [2.45, 2.75) is 362 Å². The SMILES string of the molecule is CCC/C=C\C/C=C\CCCCCCCC(=O)NC(COC1OC(CO)C(OC2OC(CO)C(OC3OC(CO)C(O)C(O)C3O)C(O)C2O)C(O)C1O)C(O)/C=C/CCCCCCCCCCCCCCCCCCCCCCCCCCCCC. The number of aliphatic hydroxyl groups excluding tert-OH is 11. The number of nitrogens with one attached hydrogen (secondary N) is 1. The molecule has 3 aliphatic rings. The van der Waals surface area contributed by atoms with Crippen LogP contribution >= 0.6 is 0 Å². The standard InChI is InChI=1S/C68H125NO18/c1-3-5-7-9-11-13-15-17-18-19-20-21-22-23-24-25-26-27-28-29-30-31-32-34-35-37-39-41-43-45-52(73)51(69-56(74)46-44-42-40-38-36-33-16-14-12-10-8-6-4-2)50-82-66-62(80)59(77)64(54(48-71)84-66)87-68-63(81)60(78)65(55(49-72)85-68)86-67-61(79)58(76)57(75)53(47-70)83-67/h8,10,14,16,43,45,51-55,57-68,70-73,75-81H,3-7,9,11-13,15,17-42,44,46-50H2,1-2H3,(H,69,74)/b10-8-,16-14-,45-43+. The molecule has 0 aliphatic carbocycles. The Labute approximate surface area is 523 Å². The quantitative estimate of drug-likeness (QED) is 0.0200. The second-order valence-corrected chi connectivity index (χ2v) is 25.0. The Morgan fingerprint density at radius 3 is 1.22 bits per heavy atom. The molecule has 3 aliphatic heterocycles. The van der Waals surface area contributed by atoms with Gasteiger partial charge in [-0.1, -0.05) is 243 Å². The summed E-state index contributed by atoms with van der Waals surface area (Å²) in [7, 11) is 0. The third-order valence-electron chi connectivity index (χ3n) is 17.4. The second kappa shape index (κ2) is 50.6. The van der Waals surface area contributed by atoms with Gasteiger partial charge in [0.15, 0.2) is 18.9 Å². The van der Waals surface area contributed by atoms with E-state index in [2.05, 4.69) is 43.5 Å². The number of ether oxygens (including phenoxy) is 6. The van der Waals surface area contributed by atoms with Gasteiger partial charge in [-0.3, -0.25) is 4.79 Å². The molecule has 0 saturated carbocycles. The first-order chi connectivity index (χ1) is 42.3. The maximum atomic E-state index is 13.3. The highest BCUT2D eigenvalue weighted by Gasteiger charge is 2.53. The highest BCUT2D eigenvalue weighted by Crippen LogP contribution is 2.33. The molecule has 12 N–H and O–H groups in total. The van der Waals surface area contributed by atoms with Gasteiger partial charge in [0.25, 0.3) is 0 Å². The molecule has 3 saturated heterocycles. The van der Waals surface area contributed by atoms with Crippen molar-refractivity contribution < 1.29 is 89.4 Å². The number of aliphatic hydroxyl groups is 11. The van der Waals surface area contributed by atoms with E-state index in [-0.39, 0.29) is 18.9 Å². The number of rotatable bonds is 53. The molecule has 19 nitrogen and oxygen atoms in total. The van der Waals surface area contributed by atoms with Crippen LogP contribution in [-0.2, 0) is 33.2 Å². The number of hydrogen-bond donors (Lipinski definition) is 12. The predicted molar refractivity (Wildman–Crippen MR) is 337 cm³/mol. The normalized spacial score (nSPS) is 28.8. The number of allylic oxidation sites excluding steroid dienone is 5. The Bertz CT molecular complexity index is 1720. The van der Waals surface area contributed by atoms with Crippen molar-refractivity contribution in [2.24, 2.45) is 0 Å². The van der Waals surface area contributed by atoms with Crippen LogP contribution < -0.4 is 5.32 Å². The fraction of sp³-hybridized carbons (Fsp3) is 0.897. The van der Waals surface area contributed by atoms with E-state index in [0.717, 1.165) is 77.0 Å². The third-order valence-corrected chi connectivity index (χ3v) is 17.4. The summed E-state index contributed by atoms with van der Waals surface area (Å²) in [6.45, 7) is 1.67. The van der Waals surface area contributed by atoms with Crippen molar-refractivity contribution in [1.29, 1.82) is 0 Å². The van der Waals surface area contributed by atoms with Gasteiger partial charge in [-0.25, -0.2) is 0 Å². The van der Waals surface area contributed by atoms with Gasteiger partial charge in [0, 0.05) is 6.42 Å². The minimum absolute atomic E-state index is 0.227. The maximum Gasteiger partial charge on any atom is 0.220 e. The maximum absolute atomic E-state index is 13.3. The van der Waals surface area contributed by atoms with Gasteiger partial charge in [-0.2, -0.15) is 0 Å². The van der Waals surface area contributed by atoms with Crippen LogP contribution in [-0.4, -0.2) is 193 Å². The summed E-state index contributed by atoms with van der Waals surface area (Å²) in [5, 5.41) is 120. The zero-order valence-corrected chi connectivity index (χ0v) is 53.8. The molecule has 17 unspecified atom stereocenters. The van der Waals surface area contributed by atoms with Crippen LogP contribution in [0.1, 0.15) is 258 Å². The highest BCUT2D eigenvalue weighted by molar-refractivity contribution is 5.76. The lowest BCUT2D eigenvalue weighted by atomic mass is 9.96. The van der Waals surface area contributed by atoms with E-state index in [1.54, 1.807) is 6.08 Å². The lowest BCUT2D eigenvalue weighted by Gasteiger charge is -2.48. The molecule has 1 amide bonds. The molecule has 510 valence electrons. The Hall–Kier alpha value is -1.99. The zero-order valence-electron chi connectivity index (χ0n) is 53.8. The Kier molecular flexibility index (Phi) is 46.0. The van der Waals surface area contributed by atoms with E-state index in [9.17, 15) is 61.0 Å². The summed E-state index contributed by atoms with van der Waals surface area (Å²) in [6.07, 6.45) is 31.4. The molecular weight excluding hydrogens is 1120 g/mol. The largest absolute Gasteiger partial charge is 0.394 e. The first-order valence-electron chi connectivity index (χ1n) is 34.7. The van der Waals surface area contributed by atoms with Crippen LogP contribution in [0.2, 0.25) is 0 Å². The molecule has 0 spiro atoms. The lowest BCUT2D eigenvalue weighted by Crippen LogP contribution is -2.66. The molecule has 3 heterocycles. The molecular formula is C68H125NO18. The van der Waals surface area contributed by atoms with Crippen LogP contribution in [0.4, 0.5) is 0 Å². The number of carbonyl (C=O) groups excluding carboxylic acids is 1. The topological polar surface area (TPSA) is 307 Å². The summed E-state index contributed by atoms with van der Waals surface area (Å²) >= 11 is 0. The molecule has 17 atom stereocenters. The van der Waals surface area contributed by atoms with Gasteiger partial charge in [0.05, 0.1) is 38.6 Å². The van der Waals surface area contributed by atoms with Crippen molar-refractivity contribution in [3.63, 3.8) is 0 Å². The average Bonchev–Trinajstić information content (AvgIpc) is 2.79. The first kappa shape index (κ1) is 79.2. The number of amides is 1. The smallest absolute Gasteiger partial charge is 0.220 e. The predicted octanol–water partition coefficient (Wildman–Crippen LogP) is 8.83. The van der Waals surface area contributed by atoms with Crippen LogP contribution in [0.3, 0.4) is 0 Å². The monoisotopic (exact) mass is 1240 g/mol. The number of hydrogen-bond acceptors (Lipinski definition) is 18. The minimum atomic E-state index is -1.98. The van der Waals surface area contributed by atoms with Gasteiger partial charge in [-0.15, -0.1) is 0 Å². The van der Waals surface area contributed by atoms with E-state index in [0.29, 0.717) is 6.42 Å². The Morgan fingerprint density at radius 2 is 0.782 bits per heavy atom. The van der Waals surface area contributed by atoms with Crippen LogP contribution in [0.25, 0.3) is 0 Å². The summed E-state index contributed by atoms with van der Waals surface area (Å²) in [5.41, 5.74) is 0. The van der Waals surface area contributed by atoms with Crippen molar-refractivity contribution in [3.8, 4) is 0 Å². The van der Waals surface area contributed by atoms with Crippen molar-refractivity contribution in [2.75, 3.05) is 26.4 Å². The summed E-state index contributed by atoms with van der Waals surface area (Å²) in [6, 6.07) is -0.980. The summed E-state index contributed by atoms with van der Waals surface area (Å²) < 4.78 is 34.3. The molecule has 87 heavy (non-hydrogen) atoms. The summed E-state index contributed by atoms with van der Waals surface area (Å²) in [5.74, 6) is -0.289. The lowest BCUT2D eigenvalue weighted by molar-refractivity contribution is -0.379. The average molecular weight is 1240 g/mol. The van der Waals surface area contributed by atoms with Crippen molar-refractivity contribution in [3.05, 3.63) is 36.5 Å². The molecule has 19 heteroatoms. The fourth-order valence-corrected chi connectivity index (χ4v) is 11.8. The zero-order chi connectivity index (χ0) is 63.3. The van der Waals surface area contributed by atoms with Gasteiger partial charge in [0.2, 0.25) is 5.91 Å². The van der Waals surface area contributed by atoms with E-state index >= 15 is 0 Å². The van der Waals surface area contributed by atoms with Crippen LogP contribution in [0.5, 0.6) is 0 Å². The first-order valence-corrected chi connectivity index (χ1v) is 34.7. The molecule has 3 rings (SSSR count). The van der Waals surface area contributed by atoms with E-state index in [1.807, 2.05) is 6.08 Å². The summed E-state index contributed by atoms with van der Waals surface area (Å²) in [4.78, 5) is 13.3. The molecule has 0 aromatic heterocycles. The molecule has 0 aromatic rings. The fourth-order valence-electron chi connectivity index (χ4n) is 11.8. The van der Waals surface area contributed by atoms with Crippen molar-refractivity contribution >= 4 is 5.91 Å². The molecule has 0 aromatic carbocycles. The Balaban J connectivity index is 1.40. The van der Waals surface area contributed by atoms with Crippen LogP contribution in [0.15, 0.2) is 36.5 Å². The Morgan fingerprint density at radius 1 is 0.414 bits per heavy atom. The van der Waals surface area contributed by atoms with Gasteiger partial charge in [-0.05, 0) is 44.9 Å². The molecule has 3 fully saturated rings. The number of unbranched alkanes of at least 4 members (excludes halogenated alkanes) is 33.